The van der Waals surface area contributed by atoms with E-state index >= 15 is 0 Å². The molecule has 2 nitrogen and oxygen atoms in total. The molecule has 1 N–H and O–H groups in total. The van der Waals surface area contributed by atoms with Crippen molar-refractivity contribution in [3.05, 3.63) is 29.3 Å². The minimum absolute atomic E-state index is 0.662. The lowest BCUT2D eigenvalue weighted by molar-refractivity contribution is 0.461. The Labute approximate surface area is 106 Å². The molecule has 0 aliphatic heterocycles. The van der Waals surface area contributed by atoms with Gasteiger partial charge in [-0.25, -0.2) is 0 Å². The first-order chi connectivity index (χ1) is 7.69. The van der Waals surface area contributed by atoms with Crippen molar-refractivity contribution < 1.29 is 0 Å². The maximum absolute atomic E-state index is 7.93. The first kappa shape index (κ1) is 13.4. The summed E-state index contributed by atoms with van der Waals surface area (Å²) >= 11 is 7.67. The zero-order chi connectivity index (χ0) is 12.0. The van der Waals surface area contributed by atoms with E-state index in [0.29, 0.717) is 11.6 Å². The van der Waals surface area contributed by atoms with Crippen molar-refractivity contribution in [1.29, 1.82) is 5.41 Å². The van der Waals surface area contributed by atoms with E-state index in [-0.39, 0.29) is 0 Å². The van der Waals surface area contributed by atoms with Gasteiger partial charge in [0.15, 0.2) is 0 Å². The Hall–Kier alpha value is -0.670. The molecule has 0 amide bonds. The third kappa shape index (κ3) is 3.72. The van der Waals surface area contributed by atoms with Gasteiger partial charge in [-0.05, 0) is 26.0 Å². The molecule has 16 heavy (non-hydrogen) atoms. The lowest BCUT2D eigenvalue weighted by Gasteiger charge is -2.21. The summed E-state index contributed by atoms with van der Waals surface area (Å²) in [7, 11) is 0. The topological polar surface area (TPSA) is 27.1 Å². The molecule has 0 saturated heterocycles. The summed E-state index contributed by atoms with van der Waals surface area (Å²) in [4.78, 5) is 3.09. The Balaban J connectivity index is 2.52. The van der Waals surface area contributed by atoms with Crippen LogP contribution < -0.4 is 0 Å². The highest BCUT2D eigenvalue weighted by Crippen LogP contribution is 2.26. The molecule has 0 bridgehead atoms. The smallest absolute Gasteiger partial charge is 0.106 e. The van der Waals surface area contributed by atoms with Crippen LogP contribution in [0, 0.1) is 5.41 Å². The number of rotatable bonds is 5. The molecule has 0 saturated carbocycles. The van der Waals surface area contributed by atoms with Gasteiger partial charge in [0.1, 0.15) is 5.84 Å². The quantitative estimate of drug-likeness (QED) is 0.494. The second-order valence-corrected chi connectivity index (χ2v) is 4.76. The zero-order valence-corrected chi connectivity index (χ0v) is 11.2. The fraction of sp³-hybridized carbons (Fsp3) is 0.417. The minimum atomic E-state index is 0.662. The van der Waals surface area contributed by atoms with Crippen molar-refractivity contribution in [2.24, 2.45) is 0 Å². The number of thioether (sulfide) groups is 1. The normalized spacial score (nSPS) is 10.2. The zero-order valence-electron chi connectivity index (χ0n) is 9.66. The van der Waals surface area contributed by atoms with Crippen LogP contribution >= 0.6 is 23.4 Å². The van der Waals surface area contributed by atoms with Crippen molar-refractivity contribution in [1.82, 2.24) is 4.90 Å². The Bertz CT molecular complexity index is 351. The molecule has 4 heteroatoms. The van der Waals surface area contributed by atoms with Crippen LogP contribution in [0.25, 0.3) is 0 Å². The fourth-order valence-corrected chi connectivity index (χ4v) is 2.56. The molecule has 0 unspecified atom stereocenters. The van der Waals surface area contributed by atoms with Gasteiger partial charge in [0.25, 0.3) is 0 Å². The molecule has 0 fully saturated rings. The van der Waals surface area contributed by atoms with Gasteiger partial charge in [0.2, 0.25) is 0 Å². The summed E-state index contributed by atoms with van der Waals surface area (Å²) < 4.78 is 0. The SMILES string of the molecule is CCN(CC)C(=N)CSc1ccccc1Cl. The first-order valence-electron chi connectivity index (χ1n) is 5.38. The van der Waals surface area contributed by atoms with Crippen molar-refractivity contribution in [2.75, 3.05) is 18.8 Å². The van der Waals surface area contributed by atoms with Gasteiger partial charge >= 0.3 is 0 Å². The lowest BCUT2D eigenvalue weighted by Crippen LogP contribution is -2.31. The number of nitrogens with zero attached hydrogens (tertiary/aromatic N) is 1. The van der Waals surface area contributed by atoms with E-state index in [4.69, 9.17) is 17.0 Å². The molecule has 0 aromatic heterocycles. The van der Waals surface area contributed by atoms with Gasteiger partial charge in [-0.1, -0.05) is 23.7 Å². The van der Waals surface area contributed by atoms with Gasteiger partial charge < -0.3 is 4.90 Å². The van der Waals surface area contributed by atoms with Gasteiger partial charge in [-0.2, -0.15) is 0 Å². The number of hydrogen-bond donors (Lipinski definition) is 1. The summed E-state index contributed by atoms with van der Waals surface area (Å²) in [6.07, 6.45) is 0. The molecule has 88 valence electrons. The number of halogens is 1. The Morgan fingerprint density at radius 2 is 1.94 bits per heavy atom. The predicted molar refractivity (Wildman–Crippen MR) is 72.8 cm³/mol. The predicted octanol–water partition coefficient (Wildman–Crippen LogP) is 3.75. The number of amidine groups is 1. The van der Waals surface area contributed by atoms with Crippen LogP contribution in [0.3, 0.4) is 0 Å². The highest BCUT2D eigenvalue weighted by Gasteiger charge is 2.07. The number of hydrogen-bond acceptors (Lipinski definition) is 2. The molecule has 0 heterocycles. The Kier molecular flexibility index (Phi) is 5.71. The van der Waals surface area contributed by atoms with Gasteiger partial charge in [0, 0.05) is 18.0 Å². The van der Waals surface area contributed by atoms with Crippen LogP contribution in [0.4, 0.5) is 0 Å². The summed E-state index contributed by atoms with van der Waals surface area (Å²) in [5, 5.41) is 8.69. The van der Waals surface area contributed by atoms with Crippen molar-refractivity contribution in [3.8, 4) is 0 Å². The third-order valence-corrected chi connectivity index (χ3v) is 3.87. The summed E-state index contributed by atoms with van der Waals surface area (Å²) in [6.45, 7) is 5.91. The second kappa shape index (κ2) is 6.81. The average Bonchev–Trinajstić information content (AvgIpc) is 2.29. The fourth-order valence-electron chi connectivity index (χ4n) is 1.40. The molecule has 0 spiro atoms. The van der Waals surface area contributed by atoms with Crippen molar-refractivity contribution >= 4 is 29.2 Å². The molecular formula is C12H17ClN2S. The monoisotopic (exact) mass is 256 g/mol. The molecule has 0 aliphatic rings. The van der Waals surface area contributed by atoms with Crippen LogP contribution in [0.5, 0.6) is 0 Å². The van der Waals surface area contributed by atoms with E-state index in [2.05, 4.69) is 13.8 Å². The van der Waals surface area contributed by atoms with Crippen LogP contribution in [0.15, 0.2) is 29.2 Å². The van der Waals surface area contributed by atoms with E-state index in [1.807, 2.05) is 29.2 Å². The first-order valence-corrected chi connectivity index (χ1v) is 6.75. The molecule has 0 radical (unpaired) electrons. The molecular weight excluding hydrogens is 240 g/mol. The largest absolute Gasteiger partial charge is 0.360 e. The molecule has 0 atom stereocenters. The maximum atomic E-state index is 7.93. The van der Waals surface area contributed by atoms with E-state index in [1.165, 1.54) is 0 Å². The van der Waals surface area contributed by atoms with E-state index in [0.717, 1.165) is 23.0 Å². The number of nitrogens with one attached hydrogen (secondary N) is 1. The second-order valence-electron chi connectivity index (χ2n) is 3.34. The van der Waals surface area contributed by atoms with E-state index in [1.54, 1.807) is 11.8 Å². The van der Waals surface area contributed by atoms with Crippen LogP contribution in [-0.4, -0.2) is 29.6 Å². The van der Waals surface area contributed by atoms with Crippen molar-refractivity contribution in [3.63, 3.8) is 0 Å². The Morgan fingerprint density at radius 3 is 2.50 bits per heavy atom. The van der Waals surface area contributed by atoms with Crippen molar-refractivity contribution in [2.45, 2.75) is 18.7 Å². The molecule has 0 aliphatic carbocycles. The molecule has 1 aromatic rings. The summed E-state index contributed by atoms with van der Waals surface area (Å²) in [6, 6.07) is 7.75. The molecule has 1 aromatic carbocycles. The summed E-state index contributed by atoms with van der Waals surface area (Å²) in [5.41, 5.74) is 0. The number of benzene rings is 1. The van der Waals surface area contributed by atoms with Crippen LogP contribution in [-0.2, 0) is 0 Å². The minimum Gasteiger partial charge on any atom is -0.360 e. The van der Waals surface area contributed by atoms with Crippen LogP contribution in [0.2, 0.25) is 5.02 Å². The highest BCUT2D eigenvalue weighted by molar-refractivity contribution is 8.00. The maximum Gasteiger partial charge on any atom is 0.106 e. The summed E-state index contributed by atoms with van der Waals surface area (Å²) in [5.74, 6) is 1.33. The van der Waals surface area contributed by atoms with E-state index in [9.17, 15) is 0 Å². The third-order valence-electron chi connectivity index (χ3n) is 2.35. The van der Waals surface area contributed by atoms with Crippen LogP contribution in [0.1, 0.15) is 13.8 Å². The lowest BCUT2D eigenvalue weighted by atomic mass is 10.4. The standard InChI is InChI=1S/C12H17ClN2S/c1-3-15(4-2)12(14)9-16-11-8-6-5-7-10(11)13/h5-8,14H,3-4,9H2,1-2H3. The van der Waals surface area contributed by atoms with Gasteiger partial charge in [-0.3, -0.25) is 5.41 Å². The molecule has 1 rings (SSSR count). The van der Waals surface area contributed by atoms with Gasteiger partial charge in [-0.15, -0.1) is 11.8 Å². The van der Waals surface area contributed by atoms with Gasteiger partial charge in [0.05, 0.1) is 10.8 Å². The van der Waals surface area contributed by atoms with E-state index < -0.39 is 0 Å². The Morgan fingerprint density at radius 1 is 1.31 bits per heavy atom. The highest BCUT2D eigenvalue weighted by atomic mass is 35.5. The average molecular weight is 257 g/mol.